The fourth-order valence-corrected chi connectivity index (χ4v) is 3.08. The van der Waals surface area contributed by atoms with Crippen molar-refractivity contribution < 1.29 is 13.9 Å². The molecule has 134 valence electrons. The zero-order valence-corrected chi connectivity index (χ0v) is 14.6. The van der Waals surface area contributed by atoms with Crippen molar-refractivity contribution in [2.75, 3.05) is 13.2 Å². The van der Waals surface area contributed by atoms with E-state index in [2.05, 4.69) is 15.0 Å². The van der Waals surface area contributed by atoms with E-state index < -0.39 is 0 Å². The van der Waals surface area contributed by atoms with Gasteiger partial charge in [-0.15, -0.1) is 0 Å². The van der Waals surface area contributed by atoms with Crippen LogP contribution in [0.5, 0.6) is 6.01 Å². The van der Waals surface area contributed by atoms with Crippen molar-refractivity contribution in [1.82, 2.24) is 24.4 Å². The van der Waals surface area contributed by atoms with E-state index in [1.807, 2.05) is 24.5 Å². The molecule has 4 heterocycles. The van der Waals surface area contributed by atoms with Gasteiger partial charge < -0.3 is 18.6 Å². The Morgan fingerprint density at radius 1 is 1.38 bits per heavy atom. The average molecular weight is 353 g/mol. The average Bonchev–Trinajstić information content (AvgIpc) is 3.27. The minimum Gasteiger partial charge on any atom is -0.461 e. The normalized spacial score (nSPS) is 16.4. The molecule has 0 aromatic carbocycles. The number of ether oxygens (including phenoxy) is 1. The Bertz CT molecular complexity index is 932. The van der Waals surface area contributed by atoms with Crippen molar-refractivity contribution in [3.63, 3.8) is 0 Å². The molecule has 4 rings (SSSR count). The van der Waals surface area contributed by atoms with Crippen molar-refractivity contribution in [3.8, 4) is 6.01 Å². The molecule has 0 aliphatic carbocycles. The van der Waals surface area contributed by atoms with E-state index in [4.69, 9.17) is 9.15 Å². The molecular formula is C18H19N5O3. The number of aryl methyl sites for hydroxylation is 2. The lowest BCUT2D eigenvalue weighted by Crippen LogP contribution is -2.42. The molecule has 0 N–H and O–H groups in total. The summed E-state index contributed by atoms with van der Waals surface area (Å²) in [5.74, 6) is 0.247. The summed E-state index contributed by atoms with van der Waals surface area (Å²) in [4.78, 5) is 27.2. The zero-order valence-electron chi connectivity index (χ0n) is 14.6. The molecule has 8 heteroatoms. The van der Waals surface area contributed by atoms with E-state index in [1.54, 1.807) is 29.7 Å². The Balaban J connectivity index is 1.53. The van der Waals surface area contributed by atoms with Crippen LogP contribution < -0.4 is 4.74 Å². The molecule has 3 aromatic heterocycles. The summed E-state index contributed by atoms with van der Waals surface area (Å²) in [7, 11) is 0. The first-order valence-electron chi connectivity index (χ1n) is 8.38. The van der Waals surface area contributed by atoms with Gasteiger partial charge >= 0.3 is 6.01 Å². The summed E-state index contributed by atoms with van der Waals surface area (Å²) >= 11 is 0. The van der Waals surface area contributed by atoms with Gasteiger partial charge in [0.15, 0.2) is 5.76 Å². The molecule has 0 fully saturated rings. The molecule has 8 nitrogen and oxygen atoms in total. The predicted molar refractivity (Wildman–Crippen MR) is 91.7 cm³/mol. The number of hydrogen-bond acceptors (Lipinski definition) is 6. The van der Waals surface area contributed by atoms with Gasteiger partial charge in [0, 0.05) is 30.2 Å². The van der Waals surface area contributed by atoms with Gasteiger partial charge in [-0.1, -0.05) is 0 Å². The minimum absolute atomic E-state index is 0.0791. The molecule has 1 atom stereocenters. The van der Waals surface area contributed by atoms with Crippen LogP contribution in [0.3, 0.4) is 0 Å². The third-order valence-corrected chi connectivity index (χ3v) is 4.44. The van der Waals surface area contributed by atoms with Crippen molar-refractivity contribution in [2.24, 2.45) is 0 Å². The van der Waals surface area contributed by atoms with Crippen LogP contribution in [0, 0.1) is 13.8 Å². The third-order valence-electron chi connectivity index (χ3n) is 4.44. The number of nitrogens with zero attached hydrogens (tertiary/aromatic N) is 5. The quantitative estimate of drug-likeness (QED) is 0.714. The second-order valence-electron chi connectivity index (χ2n) is 6.36. The number of fused-ring (bicyclic) bond motifs is 1. The summed E-state index contributed by atoms with van der Waals surface area (Å²) < 4.78 is 13.2. The highest BCUT2D eigenvalue weighted by Gasteiger charge is 2.31. The first kappa shape index (κ1) is 16.3. The molecule has 1 aliphatic heterocycles. The lowest BCUT2D eigenvalue weighted by atomic mass is 10.1. The van der Waals surface area contributed by atoms with Crippen LogP contribution in [0.1, 0.15) is 33.5 Å². The highest BCUT2D eigenvalue weighted by molar-refractivity contribution is 5.92. The zero-order chi connectivity index (χ0) is 18.1. The van der Waals surface area contributed by atoms with Gasteiger partial charge in [-0.05, 0) is 26.0 Å². The summed E-state index contributed by atoms with van der Waals surface area (Å²) in [5, 5.41) is 0. The Kier molecular flexibility index (Phi) is 4.16. The van der Waals surface area contributed by atoms with Gasteiger partial charge in [-0.25, -0.2) is 15.0 Å². The maximum absolute atomic E-state index is 12.8. The molecule has 0 saturated carbocycles. The molecular weight excluding hydrogens is 334 g/mol. The number of aromatic nitrogens is 4. The summed E-state index contributed by atoms with van der Waals surface area (Å²) in [6.45, 7) is 5.06. The lowest BCUT2D eigenvalue weighted by Gasteiger charge is -2.33. The van der Waals surface area contributed by atoms with E-state index in [1.165, 1.54) is 6.26 Å². The first-order chi connectivity index (χ1) is 12.6. The minimum atomic E-state index is -0.128. The number of hydrogen-bond donors (Lipinski definition) is 0. The van der Waals surface area contributed by atoms with Gasteiger partial charge in [0.1, 0.15) is 6.61 Å². The van der Waals surface area contributed by atoms with Crippen LogP contribution in [0.15, 0.2) is 41.5 Å². The topological polar surface area (TPSA) is 86.3 Å². The highest BCUT2D eigenvalue weighted by atomic mass is 16.5. The van der Waals surface area contributed by atoms with E-state index in [0.717, 1.165) is 17.0 Å². The van der Waals surface area contributed by atoms with Crippen LogP contribution in [-0.2, 0) is 6.54 Å². The maximum Gasteiger partial charge on any atom is 0.316 e. The first-order valence-corrected chi connectivity index (χ1v) is 8.38. The van der Waals surface area contributed by atoms with E-state index in [-0.39, 0.29) is 11.9 Å². The van der Waals surface area contributed by atoms with Crippen molar-refractivity contribution in [3.05, 3.63) is 59.8 Å². The second kappa shape index (κ2) is 6.62. The second-order valence-corrected chi connectivity index (χ2v) is 6.36. The summed E-state index contributed by atoms with van der Waals surface area (Å²) in [6.07, 6.45) is 6.73. The largest absolute Gasteiger partial charge is 0.461 e. The van der Waals surface area contributed by atoms with E-state index >= 15 is 0 Å². The fraction of sp³-hybridized carbons (Fsp3) is 0.333. The van der Waals surface area contributed by atoms with Crippen LogP contribution in [0.4, 0.5) is 0 Å². The Morgan fingerprint density at radius 2 is 2.27 bits per heavy atom. The maximum atomic E-state index is 12.8. The van der Waals surface area contributed by atoms with Crippen LogP contribution in [0.25, 0.3) is 0 Å². The van der Waals surface area contributed by atoms with Crippen LogP contribution in [0.2, 0.25) is 0 Å². The van der Waals surface area contributed by atoms with Crippen molar-refractivity contribution in [1.29, 1.82) is 0 Å². The lowest BCUT2D eigenvalue weighted by molar-refractivity contribution is 0.0611. The SMILES string of the molecule is Cc1ccnc(OC[C@@H]2CN(C(=O)c3occc3C)Cc3cncn32)n1. The number of furan rings is 1. The smallest absolute Gasteiger partial charge is 0.316 e. The molecule has 3 aromatic rings. The van der Waals surface area contributed by atoms with E-state index in [9.17, 15) is 4.79 Å². The number of imidazole rings is 1. The van der Waals surface area contributed by atoms with Crippen molar-refractivity contribution >= 4 is 5.91 Å². The van der Waals surface area contributed by atoms with Gasteiger partial charge in [0.25, 0.3) is 5.91 Å². The molecule has 0 bridgehead atoms. The molecule has 0 saturated heterocycles. The molecule has 26 heavy (non-hydrogen) atoms. The Hall–Kier alpha value is -3.16. The number of carbonyl (C=O) groups excluding carboxylic acids is 1. The Labute approximate surface area is 150 Å². The van der Waals surface area contributed by atoms with Crippen LogP contribution >= 0.6 is 0 Å². The number of rotatable bonds is 4. The monoisotopic (exact) mass is 353 g/mol. The van der Waals surface area contributed by atoms with Gasteiger partial charge in [-0.3, -0.25) is 4.79 Å². The molecule has 1 aliphatic rings. The Morgan fingerprint density at radius 3 is 3.04 bits per heavy atom. The fourth-order valence-electron chi connectivity index (χ4n) is 3.08. The summed E-state index contributed by atoms with van der Waals surface area (Å²) in [5.41, 5.74) is 2.62. The standard InChI is InChI=1S/C18H19N5O3/c1-12-4-6-25-16(12)17(24)22-8-14-7-19-11-23(14)15(9-22)10-26-18-20-5-3-13(2)21-18/h3-7,11,15H,8-10H2,1-2H3/t15-/m0/s1. The van der Waals surface area contributed by atoms with Gasteiger partial charge in [-0.2, -0.15) is 0 Å². The highest BCUT2D eigenvalue weighted by Crippen LogP contribution is 2.24. The summed E-state index contributed by atoms with van der Waals surface area (Å²) in [6, 6.07) is 3.85. The number of carbonyl (C=O) groups is 1. The molecule has 1 amide bonds. The van der Waals surface area contributed by atoms with Crippen molar-refractivity contribution in [2.45, 2.75) is 26.4 Å². The molecule has 0 spiro atoms. The van der Waals surface area contributed by atoms with Crippen LogP contribution in [-0.4, -0.2) is 43.5 Å². The van der Waals surface area contributed by atoms with Gasteiger partial charge in [0.05, 0.1) is 30.9 Å². The molecule has 0 radical (unpaired) electrons. The van der Waals surface area contributed by atoms with Gasteiger partial charge in [0.2, 0.25) is 0 Å². The molecule has 0 unspecified atom stereocenters. The number of amides is 1. The third kappa shape index (κ3) is 3.05. The predicted octanol–water partition coefficient (Wildman–Crippen LogP) is 2.16. The van der Waals surface area contributed by atoms with E-state index in [0.29, 0.717) is 31.5 Å².